The van der Waals surface area contributed by atoms with Crippen molar-refractivity contribution in [2.75, 3.05) is 27.9 Å². The Balaban J connectivity index is 1.87. The van der Waals surface area contributed by atoms with Crippen molar-refractivity contribution in [2.45, 2.75) is 180 Å². The summed E-state index contributed by atoms with van der Waals surface area (Å²) in [6.07, 6.45) is 5.32. The zero-order chi connectivity index (χ0) is 46.8. The Labute approximate surface area is 375 Å². The molecule has 0 aromatic rings. The van der Waals surface area contributed by atoms with Crippen LogP contribution in [0.3, 0.4) is 0 Å². The number of ether oxygens (including phenoxy) is 6. The first-order valence-corrected chi connectivity index (χ1v) is 23.3. The molecule has 4 rings (SSSR count). The van der Waals surface area contributed by atoms with E-state index in [0.29, 0.717) is 63.4 Å². The predicted molar refractivity (Wildman–Crippen MR) is 236 cm³/mol. The summed E-state index contributed by atoms with van der Waals surface area (Å²) in [4.78, 5) is 72.7. The molecule has 2 bridgehead atoms. The first kappa shape index (κ1) is 52.4. The third-order valence-corrected chi connectivity index (χ3v) is 14.1. The molecule has 3 heterocycles. The molecule has 2 saturated heterocycles. The summed E-state index contributed by atoms with van der Waals surface area (Å²) in [6.45, 7) is 16.9. The molecular formula is C49H77NO13. The van der Waals surface area contributed by atoms with E-state index in [-0.39, 0.29) is 49.5 Å². The van der Waals surface area contributed by atoms with E-state index in [1.54, 1.807) is 34.0 Å². The van der Waals surface area contributed by atoms with Gasteiger partial charge in [-0.05, 0) is 102 Å². The number of carbonyl (C=O) groups is 5. The van der Waals surface area contributed by atoms with Crippen molar-refractivity contribution in [3.8, 4) is 0 Å². The lowest BCUT2D eigenvalue weighted by molar-refractivity contribution is -0.302. The van der Waals surface area contributed by atoms with E-state index in [9.17, 15) is 34.2 Å². The number of piperidine rings is 1. The largest absolute Gasteiger partial charge is 0.461 e. The molecule has 356 valence electrons. The van der Waals surface area contributed by atoms with E-state index in [1.165, 1.54) is 19.1 Å². The van der Waals surface area contributed by atoms with Gasteiger partial charge in [-0.25, -0.2) is 4.79 Å². The summed E-state index contributed by atoms with van der Waals surface area (Å²) in [6, 6.07) is -1.18. The number of fused-ring (bicyclic) bond motifs is 3. The predicted octanol–water partition coefficient (Wildman–Crippen LogP) is 6.24. The highest BCUT2D eigenvalue weighted by Gasteiger charge is 2.56. The summed E-state index contributed by atoms with van der Waals surface area (Å²) < 4.78 is 36.3. The molecule has 1 saturated carbocycles. The third-order valence-electron chi connectivity index (χ3n) is 14.1. The van der Waals surface area contributed by atoms with Crippen LogP contribution in [0.1, 0.15) is 126 Å². The average molecular weight is 888 g/mol. The molecule has 4 aliphatic rings. The molecule has 14 nitrogen and oxygen atoms in total. The van der Waals surface area contributed by atoms with E-state index in [4.69, 9.17) is 28.4 Å². The molecule has 0 aromatic carbocycles. The average Bonchev–Trinajstić information content (AvgIpc) is 3.26. The number of amides is 1. The maximum atomic E-state index is 14.7. The number of ketones is 2. The number of aliphatic hydroxyl groups excluding tert-OH is 1. The molecule has 63 heavy (non-hydrogen) atoms. The van der Waals surface area contributed by atoms with Gasteiger partial charge in [0, 0.05) is 52.0 Å². The molecule has 1 aliphatic carbocycles. The third kappa shape index (κ3) is 13.0. The first-order valence-electron chi connectivity index (χ1n) is 23.3. The fraction of sp³-hybridized carbons (Fsp3) is 0.776. The highest BCUT2D eigenvalue weighted by Crippen LogP contribution is 2.39. The van der Waals surface area contributed by atoms with Gasteiger partial charge >= 0.3 is 11.9 Å². The van der Waals surface area contributed by atoms with Gasteiger partial charge in [-0.2, -0.15) is 0 Å². The number of hydrogen-bond donors (Lipinski definition) is 2. The van der Waals surface area contributed by atoms with Crippen LogP contribution in [0.2, 0.25) is 0 Å². The Morgan fingerprint density at radius 3 is 2.27 bits per heavy atom. The van der Waals surface area contributed by atoms with E-state index in [1.807, 2.05) is 39.8 Å². The number of aliphatic hydroxyl groups is 2. The summed E-state index contributed by atoms with van der Waals surface area (Å²) >= 11 is 0. The standard InChI is InChI=1S/C49H77NO13/c1-12-16-35-22-28(3)21-29(4)23-41(59-10)44-42(60-11)25-32(7)49(57,63-44)45(53)46(54)50-20-15-14-17-36(50)48(56)62-43(31(6)24-34-18-19-37(51)40(26-34)58-9)33(8)39(27-38(35)52)61-47(55)30(5)13-2/h12,22,24,29-30,32-37,39-44,51,57H,1,13-21,23,25-27H2,2-11H3/b28-22+,31-24+/t29-,30?,32+,33+,34-,35+,36-,37+,39-,40+,41-,42-,43+,44?,49+/m0/s1. The van der Waals surface area contributed by atoms with Crippen molar-refractivity contribution in [3.63, 3.8) is 0 Å². The lowest BCUT2D eigenvalue weighted by Gasteiger charge is -2.47. The van der Waals surface area contributed by atoms with Crippen LogP contribution in [0.15, 0.2) is 36.0 Å². The van der Waals surface area contributed by atoms with Gasteiger partial charge in [-0.1, -0.05) is 58.4 Å². The van der Waals surface area contributed by atoms with Gasteiger partial charge in [-0.15, -0.1) is 6.58 Å². The van der Waals surface area contributed by atoms with Gasteiger partial charge in [0.25, 0.3) is 11.7 Å². The second-order valence-electron chi connectivity index (χ2n) is 19.0. The van der Waals surface area contributed by atoms with Crippen LogP contribution in [-0.4, -0.2) is 127 Å². The lowest BCUT2D eigenvalue weighted by atomic mass is 9.81. The number of rotatable bonds is 10. The molecule has 0 radical (unpaired) electrons. The normalized spacial score (nSPS) is 38.6. The van der Waals surface area contributed by atoms with Crippen molar-refractivity contribution < 1.29 is 62.6 Å². The minimum atomic E-state index is -2.54. The number of nitrogens with zero attached hydrogens (tertiary/aromatic N) is 1. The Bertz CT molecular complexity index is 1660. The summed E-state index contributed by atoms with van der Waals surface area (Å²) in [5.41, 5.74) is 1.59. The monoisotopic (exact) mass is 888 g/mol. The number of Topliss-reactive ketones (excluding diaryl/α,β-unsaturated/α-hetero) is 2. The smallest absolute Gasteiger partial charge is 0.329 e. The fourth-order valence-electron chi connectivity index (χ4n) is 9.99. The maximum absolute atomic E-state index is 14.7. The lowest BCUT2D eigenvalue weighted by Crippen LogP contribution is -2.64. The molecule has 2 N–H and O–H groups in total. The molecule has 14 heteroatoms. The SMILES string of the molecule is C=CC[C@@H]1/C=C(\C)C[C@H](C)C[C@H](OC)C2O[C@@](O)(C(=O)C(=O)N3CCCC[C@H]3C(=O)O[C@H](/C(C)=C/[C@@H]3CC[C@@H](O)[C@H](OC)C3)[C@H](C)[C@@H](OC(=O)C(C)CC)CC1=O)[C@H](C)C[C@@H]2OC. The van der Waals surface area contributed by atoms with Crippen molar-refractivity contribution in [3.05, 3.63) is 36.0 Å². The highest BCUT2D eigenvalue weighted by atomic mass is 16.7. The van der Waals surface area contributed by atoms with Gasteiger partial charge in [0.15, 0.2) is 0 Å². The van der Waals surface area contributed by atoms with Gasteiger partial charge < -0.3 is 43.5 Å². The maximum Gasteiger partial charge on any atom is 0.329 e. The molecule has 0 spiro atoms. The van der Waals surface area contributed by atoms with E-state index in [0.717, 1.165) is 5.57 Å². The Morgan fingerprint density at radius 1 is 0.968 bits per heavy atom. The number of hydrogen-bond acceptors (Lipinski definition) is 13. The molecule has 1 amide bonds. The van der Waals surface area contributed by atoms with E-state index < -0.39 is 95.8 Å². The van der Waals surface area contributed by atoms with E-state index >= 15 is 0 Å². The van der Waals surface area contributed by atoms with Gasteiger partial charge in [0.2, 0.25) is 5.79 Å². The van der Waals surface area contributed by atoms with Crippen LogP contribution >= 0.6 is 0 Å². The van der Waals surface area contributed by atoms with Crippen LogP contribution in [0.25, 0.3) is 0 Å². The minimum absolute atomic E-state index is 0.0192. The van der Waals surface area contributed by atoms with Crippen LogP contribution in [-0.2, 0) is 52.4 Å². The van der Waals surface area contributed by atoms with Gasteiger partial charge in [-0.3, -0.25) is 19.2 Å². The molecule has 0 aromatic heterocycles. The molecule has 3 fully saturated rings. The quantitative estimate of drug-likeness (QED) is 0.143. The molecule has 3 aliphatic heterocycles. The van der Waals surface area contributed by atoms with Gasteiger partial charge in [0.1, 0.15) is 30.1 Å². The van der Waals surface area contributed by atoms with Crippen molar-refractivity contribution in [1.82, 2.24) is 4.90 Å². The van der Waals surface area contributed by atoms with Crippen LogP contribution < -0.4 is 0 Å². The molecule has 15 atom stereocenters. The van der Waals surface area contributed by atoms with Crippen LogP contribution in [0.5, 0.6) is 0 Å². The number of carbonyl (C=O) groups excluding carboxylic acids is 5. The summed E-state index contributed by atoms with van der Waals surface area (Å²) in [5, 5.41) is 22.7. The Kier molecular flexibility index (Phi) is 19.8. The van der Waals surface area contributed by atoms with Gasteiger partial charge in [0.05, 0.1) is 30.3 Å². The number of allylic oxidation sites excluding steroid dienone is 4. The first-order chi connectivity index (χ1) is 29.8. The number of cyclic esters (lactones) is 1. The highest BCUT2D eigenvalue weighted by molar-refractivity contribution is 6.39. The zero-order valence-corrected chi connectivity index (χ0v) is 39.5. The number of esters is 2. The van der Waals surface area contributed by atoms with E-state index in [2.05, 4.69) is 6.58 Å². The molecular weight excluding hydrogens is 811 g/mol. The van der Waals surface area contributed by atoms with Crippen LogP contribution in [0, 0.1) is 35.5 Å². The Hall–Kier alpha value is -3.27. The van der Waals surface area contributed by atoms with Crippen LogP contribution in [0.4, 0.5) is 0 Å². The van der Waals surface area contributed by atoms with Crippen molar-refractivity contribution in [1.29, 1.82) is 0 Å². The summed E-state index contributed by atoms with van der Waals surface area (Å²) in [5.74, 6) is -8.89. The van der Waals surface area contributed by atoms with Crippen molar-refractivity contribution in [2.24, 2.45) is 35.5 Å². The second kappa shape index (κ2) is 23.8. The Morgan fingerprint density at radius 2 is 1.63 bits per heavy atom. The van der Waals surface area contributed by atoms with Crippen molar-refractivity contribution >= 4 is 29.4 Å². The summed E-state index contributed by atoms with van der Waals surface area (Å²) in [7, 11) is 4.61. The second-order valence-corrected chi connectivity index (χ2v) is 19.0. The fourth-order valence-corrected chi connectivity index (χ4v) is 9.99. The zero-order valence-electron chi connectivity index (χ0n) is 39.5. The number of methoxy groups -OCH3 is 3. The topological polar surface area (TPSA) is 184 Å². The minimum Gasteiger partial charge on any atom is -0.461 e. The molecule has 2 unspecified atom stereocenters.